The Morgan fingerprint density at radius 3 is 2.88 bits per heavy atom. The number of hydrogen-bond acceptors (Lipinski definition) is 3. The van der Waals surface area contributed by atoms with Gasteiger partial charge in [0.15, 0.2) is 5.78 Å². The molecule has 1 rings (SSSR count). The van der Waals surface area contributed by atoms with Crippen LogP contribution < -0.4 is 5.32 Å². The van der Waals surface area contributed by atoms with Crippen molar-refractivity contribution in [2.24, 2.45) is 5.11 Å². The van der Waals surface area contributed by atoms with E-state index in [1.54, 1.807) is 24.3 Å². The van der Waals surface area contributed by atoms with Crippen LogP contribution in [0.5, 0.6) is 0 Å². The zero-order valence-corrected chi connectivity index (χ0v) is 9.38. The molecule has 0 aliphatic heterocycles. The summed E-state index contributed by atoms with van der Waals surface area (Å²) in [7, 11) is 0. The van der Waals surface area contributed by atoms with E-state index in [0.29, 0.717) is 11.3 Å². The van der Waals surface area contributed by atoms with Crippen LogP contribution in [0.2, 0.25) is 0 Å². The molecule has 0 bridgehead atoms. The molecule has 6 heteroatoms. The van der Waals surface area contributed by atoms with Gasteiger partial charge in [-0.2, -0.15) is 0 Å². The van der Waals surface area contributed by atoms with E-state index in [0.717, 1.165) is 0 Å². The lowest BCUT2D eigenvalue weighted by atomic mass is 10.1. The fourth-order valence-corrected chi connectivity index (χ4v) is 1.31. The Kier molecular flexibility index (Phi) is 4.72. The first-order valence-electron chi connectivity index (χ1n) is 5.05. The SMILES string of the molecule is CC(=O)Nc1cccc(C(=O)CCN=[N+]=[N-])c1. The third-order valence-corrected chi connectivity index (χ3v) is 2.01. The Bertz CT molecular complexity index is 478. The molecule has 0 saturated carbocycles. The highest BCUT2D eigenvalue weighted by molar-refractivity contribution is 5.98. The van der Waals surface area contributed by atoms with Crippen molar-refractivity contribution in [3.63, 3.8) is 0 Å². The fraction of sp³-hybridized carbons (Fsp3) is 0.273. The lowest BCUT2D eigenvalue weighted by Gasteiger charge is -2.04. The van der Waals surface area contributed by atoms with Crippen LogP contribution in [0.15, 0.2) is 29.4 Å². The Morgan fingerprint density at radius 2 is 2.24 bits per heavy atom. The van der Waals surface area contributed by atoms with Gasteiger partial charge in [-0.05, 0) is 17.7 Å². The van der Waals surface area contributed by atoms with Gasteiger partial charge in [-0.1, -0.05) is 17.2 Å². The molecule has 88 valence electrons. The summed E-state index contributed by atoms with van der Waals surface area (Å²) in [6.45, 7) is 1.54. The summed E-state index contributed by atoms with van der Waals surface area (Å²) in [5, 5.41) is 5.89. The maximum atomic E-state index is 11.7. The van der Waals surface area contributed by atoms with Gasteiger partial charge >= 0.3 is 0 Å². The number of anilines is 1. The van der Waals surface area contributed by atoms with Crippen molar-refractivity contribution < 1.29 is 9.59 Å². The predicted molar refractivity (Wildman–Crippen MR) is 63.7 cm³/mol. The summed E-state index contributed by atoms with van der Waals surface area (Å²) in [5.41, 5.74) is 9.16. The highest BCUT2D eigenvalue weighted by Gasteiger charge is 2.06. The molecule has 0 heterocycles. The van der Waals surface area contributed by atoms with E-state index in [4.69, 9.17) is 5.53 Å². The van der Waals surface area contributed by atoms with Gasteiger partial charge in [0, 0.05) is 36.1 Å². The highest BCUT2D eigenvalue weighted by atomic mass is 16.1. The Morgan fingerprint density at radius 1 is 1.47 bits per heavy atom. The molecule has 0 fully saturated rings. The fourth-order valence-electron chi connectivity index (χ4n) is 1.31. The Balaban J connectivity index is 2.73. The summed E-state index contributed by atoms with van der Waals surface area (Å²) in [5.74, 6) is -0.312. The molecule has 0 aliphatic rings. The number of carbonyl (C=O) groups is 2. The summed E-state index contributed by atoms with van der Waals surface area (Å²) in [6, 6.07) is 6.64. The van der Waals surface area contributed by atoms with Gasteiger partial charge in [-0.15, -0.1) is 0 Å². The molecule has 0 saturated heterocycles. The molecule has 1 aromatic carbocycles. The maximum Gasteiger partial charge on any atom is 0.221 e. The zero-order chi connectivity index (χ0) is 12.7. The van der Waals surface area contributed by atoms with Crippen molar-refractivity contribution in [1.29, 1.82) is 0 Å². The number of ketones is 1. The number of Topliss-reactive ketones (excluding diaryl/α,β-unsaturated/α-hetero) is 1. The van der Waals surface area contributed by atoms with E-state index in [9.17, 15) is 9.59 Å². The molecular formula is C11H12N4O2. The monoisotopic (exact) mass is 232 g/mol. The number of hydrogen-bond donors (Lipinski definition) is 1. The van der Waals surface area contributed by atoms with E-state index in [-0.39, 0.29) is 24.7 Å². The molecular weight excluding hydrogens is 220 g/mol. The summed E-state index contributed by atoms with van der Waals surface area (Å²) in [6.07, 6.45) is 0.160. The van der Waals surface area contributed by atoms with Gasteiger partial charge in [0.25, 0.3) is 0 Å². The standard InChI is InChI=1S/C11H12N4O2/c1-8(16)14-10-4-2-3-9(7-10)11(17)5-6-13-15-12/h2-4,7H,5-6H2,1H3,(H,14,16). The number of rotatable bonds is 5. The van der Waals surface area contributed by atoms with E-state index < -0.39 is 0 Å². The Labute approximate surface area is 98.3 Å². The molecule has 6 nitrogen and oxygen atoms in total. The first-order valence-corrected chi connectivity index (χ1v) is 5.05. The normalized spacial score (nSPS) is 9.24. The lowest BCUT2D eigenvalue weighted by molar-refractivity contribution is -0.114. The van der Waals surface area contributed by atoms with Gasteiger partial charge in [0.1, 0.15) is 0 Å². The highest BCUT2D eigenvalue weighted by Crippen LogP contribution is 2.12. The predicted octanol–water partition coefficient (Wildman–Crippen LogP) is 2.53. The number of azide groups is 1. The smallest absolute Gasteiger partial charge is 0.221 e. The molecule has 0 aliphatic carbocycles. The molecule has 17 heavy (non-hydrogen) atoms. The number of benzene rings is 1. The summed E-state index contributed by atoms with van der Waals surface area (Å²) < 4.78 is 0. The van der Waals surface area contributed by atoms with E-state index in [2.05, 4.69) is 15.3 Å². The van der Waals surface area contributed by atoms with Crippen LogP contribution >= 0.6 is 0 Å². The number of carbonyl (C=O) groups excluding carboxylic acids is 2. The lowest BCUT2D eigenvalue weighted by Crippen LogP contribution is -2.07. The zero-order valence-electron chi connectivity index (χ0n) is 9.38. The quantitative estimate of drug-likeness (QED) is 0.365. The van der Waals surface area contributed by atoms with Crippen LogP contribution in [0, 0.1) is 0 Å². The minimum absolute atomic E-state index is 0.121. The van der Waals surface area contributed by atoms with Crippen LogP contribution in [-0.2, 0) is 4.79 Å². The van der Waals surface area contributed by atoms with Crippen molar-refractivity contribution >= 4 is 17.4 Å². The van der Waals surface area contributed by atoms with E-state index >= 15 is 0 Å². The molecule has 0 radical (unpaired) electrons. The van der Waals surface area contributed by atoms with Crippen LogP contribution in [0.4, 0.5) is 5.69 Å². The first-order chi connectivity index (χ1) is 8.13. The summed E-state index contributed by atoms with van der Waals surface area (Å²) in [4.78, 5) is 25.1. The van der Waals surface area contributed by atoms with Gasteiger partial charge in [-0.25, -0.2) is 0 Å². The van der Waals surface area contributed by atoms with Crippen molar-refractivity contribution in [3.05, 3.63) is 40.3 Å². The summed E-state index contributed by atoms with van der Waals surface area (Å²) >= 11 is 0. The third kappa shape index (κ3) is 4.36. The molecule has 1 N–H and O–H groups in total. The van der Waals surface area contributed by atoms with Gasteiger partial charge in [0.2, 0.25) is 5.91 Å². The number of nitrogens with zero attached hydrogens (tertiary/aromatic N) is 3. The van der Waals surface area contributed by atoms with E-state index in [1.807, 2.05) is 0 Å². The molecule has 1 aromatic rings. The number of nitrogens with one attached hydrogen (secondary N) is 1. The number of amides is 1. The second-order valence-electron chi connectivity index (χ2n) is 3.39. The van der Waals surface area contributed by atoms with Crippen molar-refractivity contribution in [1.82, 2.24) is 0 Å². The van der Waals surface area contributed by atoms with E-state index in [1.165, 1.54) is 6.92 Å². The Hall–Kier alpha value is -2.33. The average Bonchev–Trinajstić information content (AvgIpc) is 2.28. The second kappa shape index (κ2) is 6.30. The third-order valence-electron chi connectivity index (χ3n) is 2.01. The molecule has 0 aromatic heterocycles. The minimum atomic E-state index is -0.191. The van der Waals surface area contributed by atoms with Gasteiger partial charge < -0.3 is 5.32 Å². The topological polar surface area (TPSA) is 94.9 Å². The maximum absolute atomic E-state index is 11.7. The van der Waals surface area contributed by atoms with Gasteiger partial charge in [0.05, 0.1) is 0 Å². The van der Waals surface area contributed by atoms with Crippen molar-refractivity contribution in [2.45, 2.75) is 13.3 Å². The molecule has 0 unspecified atom stereocenters. The minimum Gasteiger partial charge on any atom is -0.326 e. The average molecular weight is 232 g/mol. The molecule has 0 atom stereocenters. The van der Waals surface area contributed by atoms with Crippen LogP contribution in [0.25, 0.3) is 10.4 Å². The van der Waals surface area contributed by atoms with Crippen LogP contribution in [-0.4, -0.2) is 18.2 Å². The first kappa shape index (κ1) is 12.7. The van der Waals surface area contributed by atoms with Crippen LogP contribution in [0.1, 0.15) is 23.7 Å². The molecule has 0 spiro atoms. The largest absolute Gasteiger partial charge is 0.326 e. The second-order valence-corrected chi connectivity index (χ2v) is 3.39. The van der Waals surface area contributed by atoms with Crippen molar-refractivity contribution in [3.8, 4) is 0 Å². The van der Waals surface area contributed by atoms with Gasteiger partial charge in [-0.3, -0.25) is 9.59 Å². The van der Waals surface area contributed by atoms with Crippen LogP contribution in [0.3, 0.4) is 0 Å². The van der Waals surface area contributed by atoms with Crippen molar-refractivity contribution in [2.75, 3.05) is 11.9 Å². The molecule has 1 amide bonds.